The van der Waals surface area contributed by atoms with Gasteiger partial charge in [-0.15, -0.1) is 0 Å². The summed E-state index contributed by atoms with van der Waals surface area (Å²) in [6.45, 7) is 5.05. The molecule has 1 rings (SSSR count). The van der Waals surface area contributed by atoms with Crippen molar-refractivity contribution in [3.05, 3.63) is 10.4 Å². The Morgan fingerprint density at radius 2 is 2.21 bits per heavy atom. The largest absolute Gasteiger partial charge is 0.344 e. The minimum Gasteiger partial charge on any atom is -0.344 e. The minimum absolute atomic E-state index is 0.190. The lowest BCUT2D eigenvalue weighted by Crippen LogP contribution is -2.31. The molecule has 0 radical (unpaired) electrons. The van der Waals surface area contributed by atoms with Crippen LogP contribution < -0.4 is 0 Å². The smallest absolute Gasteiger partial charge is 0.170 e. The summed E-state index contributed by atoms with van der Waals surface area (Å²) >= 11 is 0. The molecule has 0 aromatic rings. The van der Waals surface area contributed by atoms with Gasteiger partial charge in [0.05, 0.1) is 12.6 Å². The van der Waals surface area contributed by atoms with Crippen molar-refractivity contribution in [2.75, 3.05) is 6.54 Å². The summed E-state index contributed by atoms with van der Waals surface area (Å²) in [7, 11) is 0. The van der Waals surface area contributed by atoms with Gasteiger partial charge in [0.1, 0.15) is 6.10 Å². The first-order valence-corrected chi connectivity index (χ1v) is 4.35. The number of rotatable bonds is 3. The second-order valence-corrected chi connectivity index (χ2v) is 3.62. The summed E-state index contributed by atoms with van der Waals surface area (Å²) in [5.41, 5.74) is 8.06. The predicted molar refractivity (Wildman–Crippen MR) is 48.5 cm³/mol. The molecule has 14 heavy (non-hydrogen) atoms. The summed E-state index contributed by atoms with van der Waals surface area (Å²) in [5, 5.41) is 3.19. The zero-order valence-corrected chi connectivity index (χ0v) is 8.43. The molecule has 0 unspecified atom stereocenters. The Morgan fingerprint density at radius 3 is 2.64 bits per heavy atom. The van der Waals surface area contributed by atoms with E-state index < -0.39 is 11.9 Å². The number of Topliss-reactive ketones (excluding diaryl/α,β-unsaturated/α-hetero) is 1. The fourth-order valence-corrected chi connectivity index (χ4v) is 1.46. The van der Waals surface area contributed by atoms with Crippen LogP contribution in [0.2, 0.25) is 0 Å². The molecule has 0 aromatic heterocycles. The van der Waals surface area contributed by atoms with E-state index in [1.807, 2.05) is 0 Å². The van der Waals surface area contributed by atoms with Crippen LogP contribution in [0.5, 0.6) is 0 Å². The van der Waals surface area contributed by atoms with Gasteiger partial charge in [0.25, 0.3) is 0 Å². The molecule has 6 nitrogen and oxygen atoms in total. The van der Waals surface area contributed by atoms with E-state index in [1.54, 1.807) is 20.8 Å². The second-order valence-electron chi connectivity index (χ2n) is 3.62. The zero-order chi connectivity index (χ0) is 10.8. The van der Waals surface area contributed by atoms with Gasteiger partial charge in [0.2, 0.25) is 0 Å². The van der Waals surface area contributed by atoms with Crippen molar-refractivity contribution in [1.82, 2.24) is 0 Å². The van der Waals surface area contributed by atoms with Gasteiger partial charge in [-0.05, 0) is 26.3 Å². The molecule has 1 saturated heterocycles. The molecular formula is C8H13N3O3. The van der Waals surface area contributed by atoms with Crippen LogP contribution in [0, 0.1) is 0 Å². The van der Waals surface area contributed by atoms with E-state index >= 15 is 0 Å². The Morgan fingerprint density at radius 1 is 1.57 bits per heavy atom. The second kappa shape index (κ2) is 3.96. The van der Waals surface area contributed by atoms with Crippen molar-refractivity contribution in [3.8, 4) is 0 Å². The monoisotopic (exact) mass is 199 g/mol. The first-order chi connectivity index (χ1) is 6.46. The SMILES string of the molecule is C[C@@H]1OC(C)(C)O[C@@H]1C(=O)CN=[N+]=[N-]. The highest BCUT2D eigenvalue weighted by Crippen LogP contribution is 2.28. The number of carbonyl (C=O) groups is 1. The number of hydrogen-bond acceptors (Lipinski definition) is 4. The van der Waals surface area contributed by atoms with E-state index in [9.17, 15) is 4.79 Å². The van der Waals surface area contributed by atoms with Crippen molar-refractivity contribution in [3.63, 3.8) is 0 Å². The highest BCUT2D eigenvalue weighted by Gasteiger charge is 2.41. The van der Waals surface area contributed by atoms with E-state index in [0.717, 1.165) is 0 Å². The van der Waals surface area contributed by atoms with E-state index in [4.69, 9.17) is 15.0 Å². The van der Waals surface area contributed by atoms with Crippen LogP contribution >= 0.6 is 0 Å². The third-order valence-corrected chi connectivity index (χ3v) is 1.91. The highest BCUT2D eigenvalue weighted by molar-refractivity contribution is 5.85. The first-order valence-electron chi connectivity index (χ1n) is 4.35. The van der Waals surface area contributed by atoms with Gasteiger partial charge >= 0.3 is 0 Å². The molecule has 0 N–H and O–H groups in total. The average Bonchev–Trinajstić information content (AvgIpc) is 2.35. The lowest BCUT2D eigenvalue weighted by Gasteiger charge is -2.16. The first kappa shape index (κ1) is 11.0. The van der Waals surface area contributed by atoms with Gasteiger partial charge in [0.15, 0.2) is 11.6 Å². The van der Waals surface area contributed by atoms with Gasteiger partial charge < -0.3 is 9.47 Å². The molecule has 0 aromatic carbocycles. The number of carbonyl (C=O) groups excluding carboxylic acids is 1. The fraction of sp³-hybridized carbons (Fsp3) is 0.875. The zero-order valence-electron chi connectivity index (χ0n) is 8.43. The van der Waals surface area contributed by atoms with Crippen molar-refractivity contribution < 1.29 is 14.3 Å². The molecule has 0 bridgehead atoms. The normalized spacial score (nSPS) is 29.6. The van der Waals surface area contributed by atoms with Gasteiger partial charge in [-0.2, -0.15) is 0 Å². The van der Waals surface area contributed by atoms with Crippen LogP contribution in [0.3, 0.4) is 0 Å². The Labute approximate surface area is 81.8 Å². The lowest BCUT2D eigenvalue weighted by atomic mass is 10.1. The Kier molecular flexibility index (Phi) is 3.10. The van der Waals surface area contributed by atoms with Crippen molar-refractivity contribution in [1.29, 1.82) is 0 Å². The van der Waals surface area contributed by atoms with Crippen LogP contribution in [-0.2, 0) is 14.3 Å². The molecule has 1 aliphatic heterocycles. The van der Waals surface area contributed by atoms with Gasteiger partial charge in [0, 0.05) is 4.91 Å². The van der Waals surface area contributed by atoms with Crippen LogP contribution in [-0.4, -0.2) is 30.3 Å². The van der Waals surface area contributed by atoms with E-state index in [-0.39, 0.29) is 18.4 Å². The van der Waals surface area contributed by atoms with Gasteiger partial charge in [-0.1, -0.05) is 5.11 Å². The molecule has 2 atom stereocenters. The lowest BCUT2D eigenvalue weighted by molar-refractivity contribution is -0.153. The maximum atomic E-state index is 11.4. The molecule has 78 valence electrons. The standard InChI is InChI=1S/C8H13N3O3/c1-5-7(6(12)4-10-11-9)14-8(2,3)13-5/h5,7H,4H2,1-3H3/t5-,7-/m0/s1. The predicted octanol–water partition coefficient (Wildman–Crippen LogP) is 1.41. The summed E-state index contributed by atoms with van der Waals surface area (Å²) in [6.07, 6.45) is -0.929. The third-order valence-electron chi connectivity index (χ3n) is 1.91. The molecule has 6 heteroatoms. The summed E-state index contributed by atoms with van der Waals surface area (Å²) < 4.78 is 10.7. The summed E-state index contributed by atoms with van der Waals surface area (Å²) in [4.78, 5) is 13.9. The van der Waals surface area contributed by atoms with Crippen LogP contribution in [0.15, 0.2) is 5.11 Å². The maximum Gasteiger partial charge on any atom is 0.170 e. The molecule has 0 spiro atoms. The van der Waals surface area contributed by atoms with E-state index in [1.165, 1.54) is 0 Å². The molecule has 1 heterocycles. The Bertz CT molecular complexity index is 284. The van der Waals surface area contributed by atoms with Crippen LogP contribution in [0.4, 0.5) is 0 Å². The topological polar surface area (TPSA) is 84.3 Å². The van der Waals surface area contributed by atoms with Crippen LogP contribution in [0.25, 0.3) is 10.4 Å². The Hall–Kier alpha value is -1.10. The number of nitrogens with zero attached hydrogens (tertiary/aromatic N) is 3. The van der Waals surface area contributed by atoms with E-state index in [0.29, 0.717) is 0 Å². The average molecular weight is 199 g/mol. The number of ether oxygens (including phenoxy) is 2. The molecule has 0 saturated carbocycles. The number of hydrogen-bond donors (Lipinski definition) is 0. The number of azide groups is 1. The minimum atomic E-state index is -0.740. The molecule has 0 amide bonds. The fourth-order valence-electron chi connectivity index (χ4n) is 1.46. The molecule has 0 aliphatic carbocycles. The van der Waals surface area contributed by atoms with Crippen molar-refractivity contribution in [2.24, 2.45) is 5.11 Å². The van der Waals surface area contributed by atoms with Crippen LogP contribution in [0.1, 0.15) is 20.8 Å². The van der Waals surface area contributed by atoms with Gasteiger partial charge in [-0.25, -0.2) is 0 Å². The molecule has 1 aliphatic rings. The van der Waals surface area contributed by atoms with Gasteiger partial charge in [-0.3, -0.25) is 4.79 Å². The highest BCUT2D eigenvalue weighted by atomic mass is 16.8. The molecule has 1 fully saturated rings. The van der Waals surface area contributed by atoms with E-state index in [2.05, 4.69) is 10.0 Å². The summed E-state index contributed by atoms with van der Waals surface area (Å²) in [6, 6.07) is 0. The third kappa shape index (κ3) is 2.45. The maximum absolute atomic E-state index is 11.4. The van der Waals surface area contributed by atoms with Crippen molar-refractivity contribution in [2.45, 2.75) is 38.8 Å². The number of ketones is 1. The summed E-state index contributed by atoms with van der Waals surface area (Å²) in [5.74, 6) is -0.989. The van der Waals surface area contributed by atoms with Crippen molar-refractivity contribution >= 4 is 5.78 Å². The Balaban J connectivity index is 2.61. The molecular weight excluding hydrogens is 186 g/mol. The quantitative estimate of drug-likeness (QED) is 0.391.